The Morgan fingerprint density at radius 1 is 1.23 bits per heavy atom. The zero-order valence-electron chi connectivity index (χ0n) is 18.4. The summed E-state index contributed by atoms with van der Waals surface area (Å²) in [5.74, 6) is 0.791. The summed E-state index contributed by atoms with van der Waals surface area (Å²) in [6.07, 6.45) is -0.465. The molecule has 170 valence electrons. The number of aryl methyl sites for hydroxylation is 1. The summed E-state index contributed by atoms with van der Waals surface area (Å²) in [6, 6.07) is 5.66. The van der Waals surface area contributed by atoms with Gasteiger partial charge in [-0.05, 0) is 32.3 Å². The van der Waals surface area contributed by atoms with Crippen LogP contribution >= 0.6 is 0 Å². The zero-order chi connectivity index (χ0) is 22.6. The minimum absolute atomic E-state index is 0.136. The van der Waals surface area contributed by atoms with Crippen molar-refractivity contribution in [2.75, 3.05) is 58.8 Å². The molecule has 0 radical (unpaired) electrons. The molecule has 1 unspecified atom stereocenters. The quantitative estimate of drug-likeness (QED) is 0.575. The van der Waals surface area contributed by atoms with E-state index in [-0.39, 0.29) is 6.04 Å². The number of halogens is 3. The highest BCUT2D eigenvalue weighted by molar-refractivity contribution is 5.80. The van der Waals surface area contributed by atoms with Crippen LogP contribution in [0.1, 0.15) is 17.2 Å². The van der Waals surface area contributed by atoms with E-state index >= 15 is 0 Å². The highest BCUT2D eigenvalue weighted by Gasteiger charge is 2.31. The van der Waals surface area contributed by atoms with Crippen LogP contribution in [0, 0.1) is 0 Å². The third-order valence-corrected chi connectivity index (χ3v) is 5.52. The summed E-state index contributed by atoms with van der Waals surface area (Å²) >= 11 is 0. The van der Waals surface area contributed by atoms with Crippen LogP contribution < -0.4 is 10.2 Å². The topological polar surface area (TPSA) is 51.9 Å². The standard InChI is InChI=1S/C21H30F3N7/c1-25-20(26-14-19(28(2)3)16-13-27-29(4)15-16)31-10-8-30(9-11-31)18-7-5-6-17(12-18)21(22,23)24/h5-7,12-13,15,19H,8-11,14H2,1-4H3,(H,25,26). The molecule has 2 heterocycles. The van der Waals surface area contributed by atoms with Gasteiger partial charge in [0, 0.05) is 64.3 Å². The molecule has 7 nitrogen and oxygen atoms in total. The number of anilines is 1. The van der Waals surface area contributed by atoms with Crippen molar-refractivity contribution >= 4 is 11.6 Å². The normalized spacial score (nSPS) is 16.7. The molecule has 3 rings (SSSR count). The van der Waals surface area contributed by atoms with Crippen molar-refractivity contribution in [1.82, 2.24) is 24.9 Å². The molecular formula is C21H30F3N7. The van der Waals surface area contributed by atoms with Gasteiger partial charge in [-0.1, -0.05) is 6.07 Å². The van der Waals surface area contributed by atoms with Crippen molar-refractivity contribution in [3.8, 4) is 0 Å². The number of nitrogens with one attached hydrogen (secondary N) is 1. The van der Waals surface area contributed by atoms with Gasteiger partial charge in [0.15, 0.2) is 5.96 Å². The average Bonchev–Trinajstić information content (AvgIpc) is 3.16. The lowest BCUT2D eigenvalue weighted by molar-refractivity contribution is -0.137. The van der Waals surface area contributed by atoms with Crippen molar-refractivity contribution in [3.63, 3.8) is 0 Å². The van der Waals surface area contributed by atoms with Gasteiger partial charge in [-0.3, -0.25) is 9.67 Å². The number of benzene rings is 1. The molecule has 1 aliphatic rings. The van der Waals surface area contributed by atoms with Crippen molar-refractivity contribution in [3.05, 3.63) is 47.8 Å². The summed E-state index contributed by atoms with van der Waals surface area (Å²) in [5, 5.41) is 7.70. The van der Waals surface area contributed by atoms with E-state index < -0.39 is 11.7 Å². The Kier molecular flexibility index (Phi) is 7.09. The summed E-state index contributed by atoms with van der Waals surface area (Å²) in [7, 11) is 7.69. The molecule has 1 N–H and O–H groups in total. The molecule has 0 amide bonds. The molecule has 0 saturated carbocycles. The van der Waals surface area contributed by atoms with E-state index in [0.717, 1.165) is 17.6 Å². The maximum Gasteiger partial charge on any atom is 0.416 e. The summed E-state index contributed by atoms with van der Waals surface area (Å²) in [5.41, 5.74) is 1.10. The van der Waals surface area contributed by atoms with Crippen molar-refractivity contribution in [2.24, 2.45) is 12.0 Å². The Hall–Kier alpha value is -2.75. The molecule has 1 saturated heterocycles. The first-order chi connectivity index (χ1) is 14.7. The lowest BCUT2D eigenvalue weighted by Gasteiger charge is -2.38. The van der Waals surface area contributed by atoms with E-state index in [0.29, 0.717) is 38.4 Å². The van der Waals surface area contributed by atoms with Crippen molar-refractivity contribution < 1.29 is 13.2 Å². The first kappa shape index (κ1) is 22.9. The van der Waals surface area contributed by atoms with Crippen LogP contribution in [0.5, 0.6) is 0 Å². The third kappa shape index (κ3) is 5.69. The van der Waals surface area contributed by atoms with Gasteiger partial charge in [0.05, 0.1) is 17.8 Å². The number of rotatable bonds is 5. The molecule has 0 bridgehead atoms. The van der Waals surface area contributed by atoms with E-state index in [1.54, 1.807) is 17.8 Å². The summed E-state index contributed by atoms with van der Waals surface area (Å²) < 4.78 is 40.8. The Morgan fingerprint density at radius 2 is 1.94 bits per heavy atom. The number of aromatic nitrogens is 2. The Bertz CT molecular complexity index is 883. The van der Waals surface area contributed by atoms with Crippen molar-refractivity contribution in [2.45, 2.75) is 12.2 Å². The van der Waals surface area contributed by atoms with Gasteiger partial charge >= 0.3 is 6.18 Å². The predicted molar refractivity (Wildman–Crippen MR) is 116 cm³/mol. The van der Waals surface area contributed by atoms with Gasteiger partial charge in [-0.2, -0.15) is 18.3 Å². The molecule has 1 aliphatic heterocycles. The fourth-order valence-corrected chi connectivity index (χ4v) is 3.79. The maximum atomic E-state index is 13.0. The van der Waals surface area contributed by atoms with E-state index in [1.807, 2.05) is 38.4 Å². The Morgan fingerprint density at radius 3 is 2.48 bits per heavy atom. The first-order valence-electron chi connectivity index (χ1n) is 10.2. The number of nitrogens with zero attached hydrogens (tertiary/aromatic N) is 6. The lowest BCUT2D eigenvalue weighted by Crippen LogP contribution is -2.53. The highest BCUT2D eigenvalue weighted by atomic mass is 19.4. The maximum absolute atomic E-state index is 13.0. The summed E-state index contributed by atoms with van der Waals surface area (Å²) in [6.45, 7) is 3.27. The Labute approximate surface area is 181 Å². The monoisotopic (exact) mass is 437 g/mol. The van der Waals surface area contributed by atoms with E-state index in [2.05, 4.69) is 25.2 Å². The largest absolute Gasteiger partial charge is 0.416 e. The molecule has 1 fully saturated rings. The van der Waals surface area contributed by atoms with Gasteiger partial charge in [0.25, 0.3) is 0 Å². The molecule has 0 aliphatic carbocycles. The van der Waals surface area contributed by atoms with Gasteiger partial charge in [0.2, 0.25) is 0 Å². The van der Waals surface area contributed by atoms with Crippen LogP contribution in [0.3, 0.4) is 0 Å². The smallest absolute Gasteiger partial charge is 0.368 e. The SMILES string of the molecule is CN=C(NCC(c1cnn(C)c1)N(C)C)N1CCN(c2cccc(C(F)(F)F)c2)CC1. The highest BCUT2D eigenvalue weighted by Crippen LogP contribution is 2.31. The van der Waals surface area contributed by atoms with Crippen LogP contribution in [0.25, 0.3) is 0 Å². The van der Waals surface area contributed by atoms with Gasteiger partial charge in [0.1, 0.15) is 0 Å². The minimum Gasteiger partial charge on any atom is -0.368 e. The van der Waals surface area contributed by atoms with Gasteiger partial charge in [-0.25, -0.2) is 0 Å². The molecule has 1 aromatic carbocycles. The third-order valence-electron chi connectivity index (χ3n) is 5.52. The van der Waals surface area contributed by atoms with Crippen LogP contribution in [0.4, 0.5) is 18.9 Å². The second-order valence-corrected chi connectivity index (χ2v) is 7.88. The molecule has 2 aromatic rings. The molecule has 0 spiro atoms. The van der Waals surface area contributed by atoms with E-state index in [4.69, 9.17) is 0 Å². The molecule has 1 atom stereocenters. The number of guanidine groups is 1. The number of piperazine rings is 1. The van der Waals surface area contributed by atoms with Gasteiger partial charge in [-0.15, -0.1) is 0 Å². The Balaban J connectivity index is 1.59. The predicted octanol–water partition coefficient (Wildman–Crippen LogP) is 2.44. The minimum atomic E-state index is -4.33. The molecule has 1 aromatic heterocycles. The van der Waals surface area contributed by atoms with Crippen LogP contribution in [0.15, 0.2) is 41.7 Å². The van der Waals surface area contributed by atoms with E-state index in [9.17, 15) is 13.2 Å². The van der Waals surface area contributed by atoms with Crippen molar-refractivity contribution in [1.29, 1.82) is 0 Å². The zero-order valence-corrected chi connectivity index (χ0v) is 18.4. The number of hydrogen-bond donors (Lipinski definition) is 1. The number of aliphatic imine (C=N–C) groups is 1. The average molecular weight is 438 g/mol. The van der Waals surface area contributed by atoms with Crippen LogP contribution in [0.2, 0.25) is 0 Å². The van der Waals surface area contributed by atoms with Crippen LogP contribution in [-0.4, -0.2) is 79.4 Å². The first-order valence-corrected chi connectivity index (χ1v) is 10.2. The molecule has 10 heteroatoms. The van der Waals surface area contributed by atoms with Crippen LogP contribution in [-0.2, 0) is 13.2 Å². The number of hydrogen-bond acceptors (Lipinski definition) is 4. The second kappa shape index (κ2) is 9.59. The lowest BCUT2D eigenvalue weighted by atomic mass is 10.1. The molecular weight excluding hydrogens is 407 g/mol. The van der Waals surface area contributed by atoms with E-state index in [1.165, 1.54) is 12.1 Å². The molecule has 31 heavy (non-hydrogen) atoms. The fourth-order valence-electron chi connectivity index (χ4n) is 3.79. The second-order valence-electron chi connectivity index (χ2n) is 7.88. The number of alkyl halides is 3. The van der Waals surface area contributed by atoms with Gasteiger partial charge < -0.3 is 20.0 Å². The fraction of sp³-hybridized carbons (Fsp3) is 0.524. The summed E-state index contributed by atoms with van der Waals surface area (Å²) in [4.78, 5) is 10.7. The number of likely N-dealkylation sites (N-methyl/N-ethyl adjacent to an activating group) is 1.